The van der Waals surface area contributed by atoms with Gasteiger partial charge in [-0.1, -0.05) is 12.1 Å². The summed E-state index contributed by atoms with van der Waals surface area (Å²) >= 11 is 0. The van der Waals surface area contributed by atoms with E-state index in [1.807, 2.05) is 0 Å². The van der Waals surface area contributed by atoms with Gasteiger partial charge in [-0.05, 0) is 58.8 Å². The number of likely N-dealkylation sites (N-methyl/N-ethyl adjacent to an activating group) is 1. The Kier molecular flexibility index (Phi) is 4.24. The summed E-state index contributed by atoms with van der Waals surface area (Å²) in [6.07, 6.45) is 0. The maximum absolute atomic E-state index is 6.16. The first kappa shape index (κ1) is 16.8. The molecule has 23 heavy (non-hydrogen) atoms. The standard InChI is InChI=1S/C18H29BN2O2/c1-14-13-15(19-22-17(2,3)18(4,5)23-19)7-8-16(14)21-11-9-20(6)10-12-21/h7-8,13H,9-12H2,1-6H3. The molecular weight excluding hydrogens is 287 g/mol. The summed E-state index contributed by atoms with van der Waals surface area (Å²) in [6, 6.07) is 6.60. The van der Waals surface area contributed by atoms with Crippen molar-refractivity contribution in [3.8, 4) is 0 Å². The molecule has 0 bridgehead atoms. The lowest BCUT2D eigenvalue weighted by atomic mass is 9.78. The molecule has 0 radical (unpaired) electrons. The largest absolute Gasteiger partial charge is 0.494 e. The van der Waals surface area contributed by atoms with Crippen LogP contribution in [-0.2, 0) is 9.31 Å². The average Bonchev–Trinajstić information content (AvgIpc) is 2.68. The van der Waals surface area contributed by atoms with Crippen LogP contribution in [0.2, 0.25) is 0 Å². The summed E-state index contributed by atoms with van der Waals surface area (Å²) in [4.78, 5) is 4.86. The van der Waals surface area contributed by atoms with Gasteiger partial charge < -0.3 is 19.1 Å². The van der Waals surface area contributed by atoms with E-state index in [-0.39, 0.29) is 18.3 Å². The number of rotatable bonds is 2. The van der Waals surface area contributed by atoms with Crippen LogP contribution < -0.4 is 10.4 Å². The van der Waals surface area contributed by atoms with Crippen molar-refractivity contribution in [1.29, 1.82) is 0 Å². The van der Waals surface area contributed by atoms with Crippen LogP contribution in [0, 0.1) is 6.92 Å². The lowest BCUT2D eigenvalue weighted by Crippen LogP contribution is -2.45. The number of piperazine rings is 1. The van der Waals surface area contributed by atoms with Gasteiger partial charge in [0.25, 0.3) is 0 Å². The number of hydrogen-bond donors (Lipinski definition) is 0. The monoisotopic (exact) mass is 316 g/mol. The third-order valence-corrected chi connectivity index (χ3v) is 5.59. The lowest BCUT2D eigenvalue weighted by Gasteiger charge is -2.35. The van der Waals surface area contributed by atoms with Crippen molar-refractivity contribution in [3.05, 3.63) is 23.8 Å². The van der Waals surface area contributed by atoms with Crippen molar-refractivity contribution in [2.45, 2.75) is 45.8 Å². The van der Waals surface area contributed by atoms with E-state index in [1.54, 1.807) is 0 Å². The van der Waals surface area contributed by atoms with Gasteiger partial charge in [-0.3, -0.25) is 0 Å². The fraction of sp³-hybridized carbons (Fsp3) is 0.667. The molecule has 0 spiro atoms. The summed E-state index contributed by atoms with van der Waals surface area (Å²) in [5.41, 5.74) is 3.16. The second-order valence-corrected chi connectivity index (χ2v) is 7.92. The zero-order valence-electron chi connectivity index (χ0n) is 15.3. The van der Waals surface area contributed by atoms with E-state index in [1.165, 1.54) is 11.3 Å². The van der Waals surface area contributed by atoms with E-state index in [0.717, 1.165) is 31.6 Å². The van der Waals surface area contributed by atoms with Crippen molar-refractivity contribution in [3.63, 3.8) is 0 Å². The first-order valence-electron chi connectivity index (χ1n) is 8.59. The summed E-state index contributed by atoms with van der Waals surface area (Å²) in [5.74, 6) is 0. The van der Waals surface area contributed by atoms with Crippen LogP contribution in [0.15, 0.2) is 18.2 Å². The molecule has 5 heteroatoms. The Morgan fingerprint density at radius 3 is 2.04 bits per heavy atom. The van der Waals surface area contributed by atoms with Crippen LogP contribution in [0.3, 0.4) is 0 Å². The van der Waals surface area contributed by atoms with Crippen LogP contribution in [0.5, 0.6) is 0 Å². The summed E-state index contributed by atoms with van der Waals surface area (Å²) in [5, 5.41) is 0. The Hall–Kier alpha value is -1.04. The molecule has 0 N–H and O–H groups in total. The van der Waals surface area contributed by atoms with Gasteiger partial charge in [0.1, 0.15) is 0 Å². The highest BCUT2D eigenvalue weighted by Gasteiger charge is 2.51. The van der Waals surface area contributed by atoms with Gasteiger partial charge in [-0.2, -0.15) is 0 Å². The number of hydrogen-bond acceptors (Lipinski definition) is 4. The quantitative estimate of drug-likeness (QED) is 0.780. The van der Waals surface area contributed by atoms with E-state index in [4.69, 9.17) is 9.31 Å². The van der Waals surface area contributed by atoms with Crippen molar-refractivity contribution in [2.24, 2.45) is 0 Å². The van der Waals surface area contributed by atoms with E-state index in [2.05, 4.69) is 69.7 Å². The van der Waals surface area contributed by atoms with Gasteiger partial charge in [0.2, 0.25) is 0 Å². The van der Waals surface area contributed by atoms with Gasteiger partial charge in [0, 0.05) is 31.9 Å². The average molecular weight is 316 g/mol. The zero-order chi connectivity index (χ0) is 16.8. The minimum Gasteiger partial charge on any atom is -0.399 e. The highest BCUT2D eigenvalue weighted by Crippen LogP contribution is 2.36. The molecule has 0 atom stereocenters. The Morgan fingerprint density at radius 2 is 1.52 bits per heavy atom. The van der Waals surface area contributed by atoms with Crippen molar-refractivity contribution in [2.75, 3.05) is 38.1 Å². The lowest BCUT2D eigenvalue weighted by molar-refractivity contribution is 0.00578. The van der Waals surface area contributed by atoms with Crippen molar-refractivity contribution >= 4 is 18.3 Å². The highest BCUT2D eigenvalue weighted by molar-refractivity contribution is 6.62. The predicted molar refractivity (Wildman–Crippen MR) is 96.6 cm³/mol. The fourth-order valence-corrected chi connectivity index (χ4v) is 3.21. The third kappa shape index (κ3) is 3.15. The third-order valence-electron chi connectivity index (χ3n) is 5.59. The fourth-order valence-electron chi connectivity index (χ4n) is 3.21. The van der Waals surface area contributed by atoms with Crippen molar-refractivity contribution in [1.82, 2.24) is 4.90 Å². The van der Waals surface area contributed by atoms with E-state index in [0.29, 0.717) is 0 Å². The zero-order valence-corrected chi connectivity index (χ0v) is 15.3. The Bertz CT molecular complexity index is 564. The summed E-state index contributed by atoms with van der Waals surface area (Å²) < 4.78 is 12.3. The Morgan fingerprint density at radius 1 is 0.957 bits per heavy atom. The number of anilines is 1. The summed E-state index contributed by atoms with van der Waals surface area (Å²) in [7, 11) is 1.91. The van der Waals surface area contributed by atoms with Gasteiger partial charge >= 0.3 is 7.12 Å². The molecule has 1 aromatic rings. The summed E-state index contributed by atoms with van der Waals surface area (Å²) in [6.45, 7) is 15.0. The number of benzene rings is 1. The molecule has 0 saturated carbocycles. The van der Waals surface area contributed by atoms with Crippen LogP contribution in [0.1, 0.15) is 33.3 Å². The van der Waals surface area contributed by atoms with Gasteiger partial charge in [-0.15, -0.1) is 0 Å². The molecule has 2 fully saturated rings. The van der Waals surface area contributed by atoms with Gasteiger partial charge in [-0.25, -0.2) is 0 Å². The van der Waals surface area contributed by atoms with Crippen LogP contribution in [0.4, 0.5) is 5.69 Å². The molecule has 4 nitrogen and oxygen atoms in total. The van der Waals surface area contributed by atoms with E-state index in [9.17, 15) is 0 Å². The maximum atomic E-state index is 6.16. The normalized spacial score (nSPS) is 24.3. The van der Waals surface area contributed by atoms with Crippen molar-refractivity contribution < 1.29 is 9.31 Å². The molecular formula is C18H29BN2O2. The molecule has 0 amide bonds. The number of nitrogens with zero attached hydrogens (tertiary/aromatic N) is 2. The second kappa shape index (κ2) is 5.80. The molecule has 0 aliphatic carbocycles. The molecule has 126 valence electrons. The first-order chi connectivity index (χ1) is 10.7. The first-order valence-corrected chi connectivity index (χ1v) is 8.59. The molecule has 1 aromatic carbocycles. The Balaban J connectivity index is 1.78. The maximum Gasteiger partial charge on any atom is 0.494 e. The molecule has 0 aromatic heterocycles. The smallest absolute Gasteiger partial charge is 0.399 e. The van der Waals surface area contributed by atoms with Gasteiger partial charge in [0.15, 0.2) is 0 Å². The van der Waals surface area contributed by atoms with E-state index < -0.39 is 0 Å². The topological polar surface area (TPSA) is 24.9 Å². The van der Waals surface area contributed by atoms with Crippen LogP contribution in [-0.4, -0.2) is 56.4 Å². The predicted octanol–water partition coefficient (Wildman–Crippen LogP) is 2.05. The Labute approximate surface area is 140 Å². The second-order valence-electron chi connectivity index (χ2n) is 7.92. The van der Waals surface area contributed by atoms with E-state index >= 15 is 0 Å². The number of aryl methyl sites for hydroxylation is 1. The van der Waals surface area contributed by atoms with Gasteiger partial charge in [0.05, 0.1) is 11.2 Å². The molecule has 0 unspecified atom stereocenters. The highest BCUT2D eigenvalue weighted by atomic mass is 16.7. The SMILES string of the molecule is Cc1cc(B2OC(C)(C)C(C)(C)O2)ccc1N1CCN(C)CC1. The molecule has 2 saturated heterocycles. The van der Waals surface area contributed by atoms with Crippen LogP contribution in [0.25, 0.3) is 0 Å². The minimum atomic E-state index is -0.290. The molecule has 2 aliphatic rings. The molecule has 3 rings (SSSR count). The molecule has 2 aliphatic heterocycles. The minimum absolute atomic E-state index is 0.278. The van der Waals surface area contributed by atoms with Crippen LogP contribution >= 0.6 is 0 Å². The molecule has 2 heterocycles.